The molecule has 1 amide bonds. The lowest BCUT2D eigenvalue weighted by atomic mass is 10.3. The Morgan fingerprint density at radius 1 is 1.53 bits per heavy atom. The maximum absolute atomic E-state index is 10.0. The molecule has 0 fully saturated rings. The largest absolute Gasteiger partial charge is 0.508 e. The van der Waals surface area contributed by atoms with Crippen molar-refractivity contribution in [3.8, 4) is 5.75 Å². The van der Waals surface area contributed by atoms with E-state index in [0.717, 1.165) is 0 Å². The summed E-state index contributed by atoms with van der Waals surface area (Å²) in [6.45, 7) is 0.488. The summed E-state index contributed by atoms with van der Waals surface area (Å²) in [7, 11) is 0. The number of carbonyl (C=O) groups is 1. The Morgan fingerprint density at radius 3 is 3.20 bits per heavy atom. The monoisotopic (exact) mass is 206 g/mol. The van der Waals surface area contributed by atoms with Gasteiger partial charge in [-0.3, -0.25) is 4.79 Å². The maximum Gasteiger partial charge on any atom is 0.207 e. The molecule has 0 aliphatic rings. The van der Waals surface area contributed by atoms with Gasteiger partial charge in [0.15, 0.2) is 11.5 Å². The van der Waals surface area contributed by atoms with Crippen molar-refractivity contribution in [2.45, 2.75) is 6.42 Å². The molecular weight excluding hydrogens is 196 g/mol. The number of hydrogen-bond acceptors (Lipinski definition) is 4. The van der Waals surface area contributed by atoms with Gasteiger partial charge in [0.2, 0.25) is 6.41 Å². The number of aromatic nitrogens is 1. The molecule has 2 rings (SSSR count). The van der Waals surface area contributed by atoms with E-state index >= 15 is 0 Å². The van der Waals surface area contributed by atoms with Crippen LogP contribution >= 0.6 is 0 Å². The number of carbonyl (C=O) groups excluding carboxylic acids is 1. The third-order valence-electron chi connectivity index (χ3n) is 1.98. The third-order valence-corrected chi connectivity index (χ3v) is 1.98. The minimum absolute atomic E-state index is 0.149. The van der Waals surface area contributed by atoms with E-state index in [1.165, 1.54) is 6.07 Å². The Kier molecular flexibility index (Phi) is 2.53. The number of hydrogen-bond donors (Lipinski definition) is 2. The normalized spacial score (nSPS) is 10.4. The van der Waals surface area contributed by atoms with Gasteiger partial charge in [-0.2, -0.15) is 0 Å². The van der Waals surface area contributed by atoms with Crippen LogP contribution in [0, 0.1) is 0 Å². The lowest BCUT2D eigenvalue weighted by Gasteiger charge is -1.92. The van der Waals surface area contributed by atoms with E-state index < -0.39 is 0 Å². The topological polar surface area (TPSA) is 75.4 Å². The van der Waals surface area contributed by atoms with Gasteiger partial charge in [0.05, 0.1) is 0 Å². The molecule has 15 heavy (non-hydrogen) atoms. The second kappa shape index (κ2) is 4.00. The first kappa shape index (κ1) is 9.51. The van der Waals surface area contributed by atoms with Gasteiger partial charge in [-0.1, -0.05) is 0 Å². The highest BCUT2D eigenvalue weighted by atomic mass is 16.3. The molecular formula is C10H10N2O3. The molecule has 0 saturated carbocycles. The minimum atomic E-state index is 0.149. The maximum atomic E-state index is 10.0. The Bertz CT molecular complexity index is 478. The molecule has 0 aliphatic heterocycles. The first-order valence-electron chi connectivity index (χ1n) is 4.55. The average molecular weight is 206 g/mol. The van der Waals surface area contributed by atoms with Crippen molar-refractivity contribution >= 4 is 17.5 Å². The Balaban J connectivity index is 2.19. The Labute approximate surface area is 85.7 Å². The fourth-order valence-corrected chi connectivity index (χ4v) is 1.31. The van der Waals surface area contributed by atoms with Gasteiger partial charge in [-0.05, 0) is 12.1 Å². The first-order valence-corrected chi connectivity index (χ1v) is 4.55. The first-order chi connectivity index (χ1) is 7.29. The van der Waals surface area contributed by atoms with Gasteiger partial charge in [0, 0.05) is 19.0 Å². The number of fused-ring (bicyclic) bond motifs is 1. The summed E-state index contributed by atoms with van der Waals surface area (Å²) in [5.41, 5.74) is 1.25. The highest BCUT2D eigenvalue weighted by molar-refractivity contribution is 5.74. The molecule has 2 N–H and O–H groups in total. The van der Waals surface area contributed by atoms with Gasteiger partial charge in [0.1, 0.15) is 11.3 Å². The van der Waals surface area contributed by atoms with Crippen LogP contribution in [0.25, 0.3) is 11.1 Å². The van der Waals surface area contributed by atoms with Gasteiger partial charge < -0.3 is 14.8 Å². The molecule has 1 heterocycles. The summed E-state index contributed by atoms with van der Waals surface area (Å²) >= 11 is 0. The van der Waals surface area contributed by atoms with Crippen molar-refractivity contribution in [2.24, 2.45) is 0 Å². The molecule has 0 aliphatic carbocycles. The molecule has 1 aromatic heterocycles. The summed E-state index contributed by atoms with van der Waals surface area (Å²) < 4.78 is 5.37. The van der Waals surface area contributed by atoms with E-state index in [-0.39, 0.29) is 5.75 Å². The number of nitrogens with one attached hydrogen (secondary N) is 1. The highest BCUT2D eigenvalue weighted by Crippen LogP contribution is 2.20. The molecule has 1 aromatic carbocycles. The fourth-order valence-electron chi connectivity index (χ4n) is 1.31. The third kappa shape index (κ3) is 2.07. The van der Waals surface area contributed by atoms with Crippen LogP contribution in [0.5, 0.6) is 5.75 Å². The Hall–Kier alpha value is -2.04. The number of rotatable bonds is 4. The predicted molar refractivity (Wildman–Crippen MR) is 53.4 cm³/mol. The van der Waals surface area contributed by atoms with E-state index in [9.17, 15) is 9.90 Å². The minimum Gasteiger partial charge on any atom is -0.508 e. The predicted octanol–water partition coefficient (Wildman–Crippen LogP) is 0.822. The lowest BCUT2D eigenvalue weighted by Crippen LogP contribution is -2.14. The van der Waals surface area contributed by atoms with E-state index in [2.05, 4.69) is 10.3 Å². The number of benzene rings is 1. The second-order valence-electron chi connectivity index (χ2n) is 3.08. The zero-order valence-electron chi connectivity index (χ0n) is 7.93. The smallest absolute Gasteiger partial charge is 0.207 e. The van der Waals surface area contributed by atoms with Gasteiger partial charge >= 0.3 is 0 Å². The van der Waals surface area contributed by atoms with Crippen molar-refractivity contribution in [1.82, 2.24) is 10.3 Å². The number of amides is 1. The molecule has 0 radical (unpaired) electrons. The van der Waals surface area contributed by atoms with Gasteiger partial charge in [-0.25, -0.2) is 4.98 Å². The lowest BCUT2D eigenvalue weighted by molar-refractivity contribution is -0.109. The van der Waals surface area contributed by atoms with Crippen LogP contribution in [0.15, 0.2) is 22.6 Å². The molecule has 0 atom stereocenters. The van der Waals surface area contributed by atoms with Crippen molar-refractivity contribution in [3.05, 3.63) is 24.1 Å². The van der Waals surface area contributed by atoms with Crippen LogP contribution in [0.2, 0.25) is 0 Å². The van der Waals surface area contributed by atoms with E-state index in [1.807, 2.05) is 0 Å². The summed E-state index contributed by atoms with van der Waals surface area (Å²) in [5.74, 6) is 0.696. The summed E-state index contributed by atoms with van der Waals surface area (Å²) in [4.78, 5) is 14.2. The molecule has 5 nitrogen and oxygen atoms in total. The van der Waals surface area contributed by atoms with E-state index in [0.29, 0.717) is 36.4 Å². The zero-order chi connectivity index (χ0) is 10.7. The fraction of sp³-hybridized carbons (Fsp3) is 0.200. The molecule has 2 aromatic rings. The molecule has 0 bridgehead atoms. The number of phenolic OH excluding ortho intramolecular Hbond substituents is 1. The molecule has 78 valence electrons. The Morgan fingerprint density at radius 2 is 2.40 bits per heavy atom. The van der Waals surface area contributed by atoms with Crippen molar-refractivity contribution < 1.29 is 14.3 Å². The van der Waals surface area contributed by atoms with Crippen LogP contribution in [-0.4, -0.2) is 23.0 Å². The van der Waals surface area contributed by atoms with E-state index in [4.69, 9.17) is 4.42 Å². The SMILES string of the molecule is O=CNCCc1nc2ccc(O)cc2o1. The van der Waals surface area contributed by atoms with Crippen LogP contribution in [0.4, 0.5) is 0 Å². The summed E-state index contributed by atoms with van der Waals surface area (Å²) in [6.07, 6.45) is 1.17. The van der Waals surface area contributed by atoms with Crippen molar-refractivity contribution in [2.75, 3.05) is 6.54 Å². The molecule has 0 spiro atoms. The van der Waals surface area contributed by atoms with Crippen LogP contribution in [-0.2, 0) is 11.2 Å². The average Bonchev–Trinajstić information content (AvgIpc) is 2.60. The quantitative estimate of drug-likeness (QED) is 0.573. The van der Waals surface area contributed by atoms with Crippen LogP contribution < -0.4 is 5.32 Å². The number of aromatic hydroxyl groups is 1. The van der Waals surface area contributed by atoms with Crippen molar-refractivity contribution in [3.63, 3.8) is 0 Å². The molecule has 0 saturated heterocycles. The van der Waals surface area contributed by atoms with Crippen molar-refractivity contribution in [1.29, 1.82) is 0 Å². The van der Waals surface area contributed by atoms with Crippen LogP contribution in [0.3, 0.4) is 0 Å². The summed E-state index contributed by atoms with van der Waals surface area (Å²) in [6, 6.07) is 4.75. The van der Waals surface area contributed by atoms with Gasteiger partial charge in [-0.15, -0.1) is 0 Å². The standard InChI is InChI=1S/C10H10N2O3/c13-6-11-4-3-10-12-8-2-1-7(14)5-9(8)15-10/h1-2,5-6,14H,3-4H2,(H,11,13). The van der Waals surface area contributed by atoms with Crippen LogP contribution in [0.1, 0.15) is 5.89 Å². The summed E-state index contributed by atoms with van der Waals surface area (Å²) in [5, 5.41) is 11.7. The molecule has 5 heteroatoms. The number of phenols is 1. The van der Waals surface area contributed by atoms with E-state index in [1.54, 1.807) is 12.1 Å². The molecule has 0 unspecified atom stereocenters. The number of oxazole rings is 1. The second-order valence-corrected chi connectivity index (χ2v) is 3.08. The highest BCUT2D eigenvalue weighted by Gasteiger charge is 2.05. The number of nitrogens with zero attached hydrogens (tertiary/aromatic N) is 1. The van der Waals surface area contributed by atoms with Gasteiger partial charge in [0.25, 0.3) is 0 Å². The zero-order valence-corrected chi connectivity index (χ0v) is 7.93.